The molecule has 0 spiro atoms. The van der Waals surface area contributed by atoms with Crippen molar-refractivity contribution in [1.82, 2.24) is 0 Å². The molecule has 1 atom stereocenters. The number of rotatable bonds is 7. The van der Waals surface area contributed by atoms with Crippen molar-refractivity contribution in [1.29, 1.82) is 0 Å². The van der Waals surface area contributed by atoms with E-state index in [1.165, 1.54) is 6.07 Å². The van der Waals surface area contributed by atoms with Gasteiger partial charge in [0.05, 0.1) is 15.9 Å². The molecule has 0 aliphatic rings. The molecule has 96 valence electrons. The Bertz CT molecular complexity index is 349. The Labute approximate surface area is 115 Å². The van der Waals surface area contributed by atoms with Crippen LogP contribution in [0.25, 0.3) is 0 Å². The fourth-order valence-corrected chi connectivity index (χ4v) is 2.11. The van der Waals surface area contributed by atoms with Crippen molar-refractivity contribution in [2.24, 2.45) is 5.73 Å². The second kappa shape index (κ2) is 7.84. The van der Waals surface area contributed by atoms with E-state index >= 15 is 0 Å². The zero-order chi connectivity index (χ0) is 12.7. The molecule has 1 aromatic carbocycles. The van der Waals surface area contributed by atoms with Crippen LogP contribution in [-0.2, 0) is 4.74 Å². The predicted molar refractivity (Wildman–Crippen MR) is 76.7 cm³/mol. The maximum atomic E-state index is 13.4. The maximum absolute atomic E-state index is 13.4. The van der Waals surface area contributed by atoms with E-state index in [9.17, 15) is 4.39 Å². The van der Waals surface area contributed by atoms with Gasteiger partial charge in [-0.3, -0.25) is 0 Å². The van der Waals surface area contributed by atoms with Crippen molar-refractivity contribution >= 4 is 28.3 Å². The molecule has 0 heterocycles. The van der Waals surface area contributed by atoms with Gasteiger partial charge in [-0.05, 0) is 54.1 Å². The van der Waals surface area contributed by atoms with Gasteiger partial charge in [-0.1, -0.05) is 6.07 Å². The molecule has 0 saturated carbocycles. The first-order chi connectivity index (χ1) is 8.19. The fraction of sp³-hybridized carbons (Fsp3) is 0.500. The molecule has 0 bridgehead atoms. The summed E-state index contributed by atoms with van der Waals surface area (Å²) in [7, 11) is 1.66. The van der Waals surface area contributed by atoms with E-state index < -0.39 is 0 Å². The molecule has 1 rings (SSSR count). The first kappa shape index (κ1) is 14.7. The number of benzene rings is 1. The third-order valence-corrected chi connectivity index (χ3v) is 3.53. The molecule has 3 N–H and O–H groups in total. The minimum atomic E-state index is -0.203. The zero-order valence-electron chi connectivity index (χ0n) is 9.88. The van der Waals surface area contributed by atoms with Crippen LogP contribution < -0.4 is 11.1 Å². The van der Waals surface area contributed by atoms with Gasteiger partial charge in [0, 0.05) is 13.2 Å². The molecular formula is C12H18FIN2O. The SMILES string of the molecule is COCC(CCCN)Nc1cccc(F)c1I. The van der Waals surface area contributed by atoms with E-state index in [1.54, 1.807) is 13.2 Å². The van der Waals surface area contributed by atoms with Crippen LogP contribution in [0.4, 0.5) is 10.1 Å². The predicted octanol–water partition coefficient (Wildman–Crippen LogP) is 2.60. The molecule has 3 nitrogen and oxygen atoms in total. The highest BCUT2D eigenvalue weighted by Crippen LogP contribution is 2.22. The van der Waals surface area contributed by atoms with Crippen LogP contribution in [0, 0.1) is 9.39 Å². The summed E-state index contributed by atoms with van der Waals surface area (Å²) in [5, 5.41) is 3.30. The van der Waals surface area contributed by atoms with Crippen LogP contribution in [0.5, 0.6) is 0 Å². The third kappa shape index (κ3) is 4.77. The van der Waals surface area contributed by atoms with E-state index in [4.69, 9.17) is 10.5 Å². The average Bonchev–Trinajstić information content (AvgIpc) is 2.32. The van der Waals surface area contributed by atoms with Gasteiger partial charge >= 0.3 is 0 Å². The van der Waals surface area contributed by atoms with Gasteiger partial charge in [0.2, 0.25) is 0 Å². The van der Waals surface area contributed by atoms with Crippen molar-refractivity contribution in [3.05, 3.63) is 27.6 Å². The second-order valence-electron chi connectivity index (χ2n) is 3.83. The molecule has 5 heteroatoms. The minimum absolute atomic E-state index is 0.166. The van der Waals surface area contributed by atoms with Gasteiger partial charge in [0.15, 0.2) is 0 Å². The minimum Gasteiger partial charge on any atom is -0.383 e. The number of halogens is 2. The van der Waals surface area contributed by atoms with Gasteiger partial charge in [0.25, 0.3) is 0 Å². The maximum Gasteiger partial charge on any atom is 0.138 e. The summed E-state index contributed by atoms with van der Waals surface area (Å²) < 4.78 is 19.1. The number of methoxy groups -OCH3 is 1. The average molecular weight is 352 g/mol. The number of hydrogen-bond donors (Lipinski definition) is 2. The Morgan fingerprint density at radius 1 is 1.53 bits per heavy atom. The molecule has 1 aromatic rings. The van der Waals surface area contributed by atoms with Gasteiger partial charge in [0.1, 0.15) is 5.82 Å². The Morgan fingerprint density at radius 3 is 2.94 bits per heavy atom. The third-order valence-electron chi connectivity index (χ3n) is 2.44. The highest BCUT2D eigenvalue weighted by atomic mass is 127. The Hall–Kier alpha value is -0.400. The van der Waals surface area contributed by atoms with E-state index in [1.807, 2.05) is 28.7 Å². The smallest absolute Gasteiger partial charge is 0.138 e. The van der Waals surface area contributed by atoms with Crippen molar-refractivity contribution < 1.29 is 9.13 Å². The molecular weight excluding hydrogens is 334 g/mol. The van der Waals surface area contributed by atoms with Gasteiger partial charge in [-0.25, -0.2) is 4.39 Å². The van der Waals surface area contributed by atoms with Crippen LogP contribution in [0.15, 0.2) is 18.2 Å². The second-order valence-corrected chi connectivity index (χ2v) is 4.91. The van der Waals surface area contributed by atoms with Crippen molar-refractivity contribution in [2.75, 3.05) is 25.6 Å². The van der Waals surface area contributed by atoms with Crippen molar-refractivity contribution in [3.63, 3.8) is 0 Å². The van der Waals surface area contributed by atoms with E-state index in [0.717, 1.165) is 18.5 Å². The fourth-order valence-electron chi connectivity index (χ4n) is 1.60. The Kier molecular flexibility index (Phi) is 6.76. The summed E-state index contributed by atoms with van der Waals surface area (Å²) in [4.78, 5) is 0. The molecule has 0 aliphatic carbocycles. The highest BCUT2D eigenvalue weighted by Gasteiger charge is 2.11. The summed E-state index contributed by atoms with van der Waals surface area (Å²) in [6, 6.07) is 5.19. The molecule has 0 aromatic heterocycles. The summed E-state index contributed by atoms with van der Waals surface area (Å²) in [6.45, 7) is 1.24. The molecule has 17 heavy (non-hydrogen) atoms. The quantitative estimate of drug-likeness (QED) is 0.742. The van der Waals surface area contributed by atoms with Crippen LogP contribution in [0.2, 0.25) is 0 Å². The first-order valence-electron chi connectivity index (χ1n) is 5.58. The van der Waals surface area contributed by atoms with Gasteiger partial charge in [-0.15, -0.1) is 0 Å². The normalized spacial score (nSPS) is 12.5. The van der Waals surface area contributed by atoms with Gasteiger partial charge < -0.3 is 15.8 Å². The zero-order valence-corrected chi connectivity index (χ0v) is 12.0. The molecule has 0 aliphatic heterocycles. The molecule has 0 amide bonds. The van der Waals surface area contributed by atoms with Crippen LogP contribution in [0.1, 0.15) is 12.8 Å². The molecule has 0 fully saturated rings. The van der Waals surface area contributed by atoms with E-state index in [0.29, 0.717) is 16.7 Å². The molecule has 1 unspecified atom stereocenters. The topological polar surface area (TPSA) is 47.3 Å². The van der Waals surface area contributed by atoms with Crippen LogP contribution >= 0.6 is 22.6 Å². The number of nitrogens with two attached hydrogens (primary N) is 1. The lowest BCUT2D eigenvalue weighted by molar-refractivity contribution is 0.182. The lowest BCUT2D eigenvalue weighted by Gasteiger charge is -2.20. The number of ether oxygens (including phenoxy) is 1. The molecule has 0 saturated heterocycles. The van der Waals surface area contributed by atoms with Crippen molar-refractivity contribution in [2.45, 2.75) is 18.9 Å². The monoisotopic (exact) mass is 352 g/mol. The lowest BCUT2D eigenvalue weighted by Crippen LogP contribution is -2.26. The standard InChI is InChI=1S/C12H18FIN2O/c1-17-8-9(4-3-7-15)16-11-6-2-5-10(13)12(11)14/h2,5-6,9,16H,3-4,7-8,15H2,1H3. The summed E-state index contributed by atoms with van der Waals surface area (Å²) >= 11 is 2.00. The van der Waals surface area contributed by atoms with Crippen molar-refractivity contribution in [3.8, 4) is 0 Å². The van der Waals surface area contributed by atoms with Crippen LogP contribution in [0.3, 0.4) is 0 Å². The van der Waals surface area contributed by atoms with E-state index in [2.05, 4.69) is 5.32 Å². The van der Waals surface area contributed by atoms with Crippen LogP contribution in [-0.4, -0.2) is 26.3 Å². The number of anilines is 1. The first-order valence-corrected chi connectivity index (χ1v) is 6.66. The number of nitrogens with one attached hydrogen (secondary N) is 1. The summed E-state index contributed by atoms with van der Waals surface area (Å²) in [5.74, 6) is -0.203. The Balaban J connectivity index is 2.67. The highest BCUT2D eigenvalue weighted by molar-refractivity contribution is 14.1. The Morgan fingerprint density at radius 2 is 2.29 bits per heavy atom. The molecule has 0 radical (unpaired) electrons. The summed E-state index contributed by atoms with van der Waals surface area (Å²) in [6.07, 6.45) is 1.84. The summed E-state index contributed by atoms with van der Waals surface area (Å²) in [5.41, 5.74) is 6.30. The van der Waals surface area contributed by atoms with Gasteiger partial charge in [-0.2, -0.15) is 0 Å². The lowest BCUT2D eigenvalue weighted by atomic mass is 10.1. The van der Waals surface area contributed by atoms with E-state index in [-0.39, 0.29) is 11.9 Å². The largest absolute Gasteiger partial charge is 0.383 e. The number of hydrogen-bond acceptors (Lipinski definition) is 3.